The van der Waals surface area contributed by atoms with Crippen LogP contribution in [0.25, 0.3) is 0 Å². The quantitative estimate of drug-likeness (QED) is 0.767. The van der Waals surface area contributed by atoms with Gasteiger partial charge in [0.05, 0.1) is 7.11 Å². The summed E-state index contributed by atoms with van der Waals surface area (Å²) in [6.45, 7) is 0.101. The van der Waals surface area contributed by atoms with Crippen molar-refractivity contribution >= 4 is 17.9 Å². The smallest absolute Gasteiger partial charge is 0.325 e. The molecular weight excluding hydrogens is 276 g/mol. The van der Waals surface area contributed by atoms with E-state index in [9.17, 15) is 14.4 Å². The van der Waals surface area contributed by atoms with Crippen molar-refractivity contribution in [3.05, 3.63) is 29.8 Å². The molecule has 0 radical (unpaired) electrons. The second-order valence-electron chi connectivity index (χ2n) is 4.64. The number of nitrogens with zero attached hydrogens (tertiary/aromatic N) is 1. The maximum absolute atomic E-state index is 12.2. The number of carbonyl (C=O) groups is 3. The summed E-state index contributed by atoms with van der Waals surface area (Å²) in [5, 5.41) is 11.2. The number of nitrogens with one attached hydrogen (secondary N) is 1. The van der Waals surface area contributed by atoms with Crippen LogP contribution >= 0.6 is 0 Å². The number of methoxy groups -OCH3 is 1. The van der Waals surface area contributed by atoms with Gasteiger partial charge in [-0.15, -0.1) is 0 Å². The van der Waals surface area contributed by atoms with Gasteiger partial charge in [-0.1, -0.05) is 12.1 Å². The minimum absolute atomic E-state index is 0.0791. The summed E-state index contributed by atoms with van der Waals surface area (Å²) in [6, 6.07) is 5.62. The lowest BCUT2D eigenvalue weighted by Crippen LogP contribution is -2.32. The number of rotatable bonds is 6. The summed E-state index contributed by atoms with van der Waals surface area (Å²) in [4.78, 5) is 35.5. The molecule has 1 aromatic rings. The maximum atomic E-state index is 12.2. The van der Waals surface area contributed by atoms with E-state index in [1.54, 1.807) is 31.4 Å². The highest BCUT2D eigenvalue weighted by molar-refractivity contribution is 6.04. The van der Waals surface area contributed by atoms with E-state index in [2.05, 4.69) is 5.32 Å². The Morgan fingerprint density at radius 3 is 2.57 bits per heavy atom. The fourth-order valence-corrected chi connectivity index (χ4v) is 2.14. The molecule has 1 aliphatic rings. The van der Waals surface area contributed by atoms with Gasteiger partial charge in [0, 0.05) is 13.0 Å². The van der Waals surface area contributed by atoms with E-state index in [0.717, 1.165) is 4.90 Å². The molecule has 1 saturated heterocycles. The number of urea groups is 1. The van der Waals surface area contributed by atoms with Gasteiger partial charge in [0.25, 0.3) is 5.91 Å². The van der Waals surface area contributed by atoms with Crippen molar-refractivity contribution in [2.45, 2.75) is 18.9 Å². The second kappa shape index (κ2) is 6.25. The first-order chi connectivity index (χ1) is 10.0. The van der Waals surface area contributed by atoms with E-state index in [4.69, 9.17) is 9.84 Å². The van der Waals surface area contributed by atoms with Gasteiger partial charge in [0.15, 0.2) is 0 Å². The number of benzene rings is 1. The minimum atomic E-state index is -0.950. The monoisotopic (exact) mass is 292 g/mol. The van der Waals surface area contributed by atoms with E-state index in [1.165, 1.54) is 0 Å². The van der Waals surface area contributed by atoms with E-state index in [0.29, 0.717) is 11.3 Å². The summed E-state index contributed by atoms with van der Waals surface area (Å²) in [5.74, 6) is -0.654. The molecule has 1 heterocycles. The maximum Gasteiger partial charge on any atom is 0.325 e. The number of hydrogen-bond donors (Lipinski definition) is 2. The number of hydrogen-bond acceptors (Lipinski definition) is 4. The summed E-state index contributed by atoms with van der Waals surface area (Å²) in [6.07, 6.45) is 0.161. The number of carboxylic acids is 1. The van der Waals surface area contributed by atoms with Crippen molar-refractivity contribution in [2.24, 2.45) is 0 Å². The Labute approximate surface area is 121 Å². The molecule has 1 atom stereocenters. The molecule has 112 valence electrons. The molecule has 2 rings (SSSR count). The summed E-state index contributed by atoms with van der Waals surface area (Å²) < 4.78 is 5.04. The largest absolute Gasteiger partial charge is 0.497 e. The van der Waals surface area contributed by atoms with Gasteiger partial charge in [0.1, 0.15) is 11.8 Å². The summed E-state index contributed by atoms with van der Waals surface area (Å²) in [5.41, 5.74) is 0.662. The topological polar surface area (TPSA) is 95.9 Å². The fourth-order valence-electron chi connectivity index (χ4n) is 2.14. The SMILES string of the molecule is COc1ccc(C2NC(=O)N(CCCC(=O)O)C2=O)cc1. The highest BCUT2D eigenvalue weighted by atomic mass is 16.5. The molecule has 21 heavy (non-hydrogen) atoms. The average molecular weight is 292 g/mol. The predicted molar refractivity (Wildman–Crippen MR) is 72.8 cm³/mol. The van der Waals surface area contributed by atoms with E-state index in [1.807, 2.05) is 0 Å². The lowest BCUT2D eigenvalue weighted by atomic mass is 10.1. The van der Waals surface area contributed by atoms with E-state index < -0.39 is 18.0 Å². The molecule has 1 aliphatic heterocycles. The first-order valence-corrected chi connectivity index (χ1v) is 6.50. The van der Waals surface area contributed by atoms with Crippen molar-refractivity contribution < 1.29 is 24.2 Å². The Morgan fingerprint density at radius 2 is 2.00 bits per heavy atom. The molecule has 0 aliphatic carbocycles. The second-order valence-corrected chi connectivity index (χ2v) is 4.64. The number of amides is 3. The molecule has 2 N–H and O–H groups in total. The van der Waals surface area contributed by atoms with E-state index >= 15 is 0 Å². The Morgan fingerprint density at radius 1 is 1.33 bits per heavy atom. The van der Waals surface area contributed by atoms with Gasteiger partial charge in [0.2, 0.25) is 0 Å². The molecule has 0 saturated carbocycles. The Kier molecular flexibility index (Phi) is 4.42. The minimum Gasteiger partial charge on any atom is -0.497 e. The van der Waals surface area contributed by atoms with Gasteiger partial charge in [-0.2, -0.15) is 0 Å². The summed E-state index contributed by atoms with van der Waals surface area (Å²) >= 11 is 0. The van der Waals surface area contributed by atoms with Gasteiger partial charge >= 0.3 is 12.0 Å². The zero-order valence-electron chi connectivity index (χ0n) is 11.5. The Bertz CT molecular complexity index is 555. The zero-order chi connectivity index (χ0) is 15.4. The molecule has 0 bridgehead atoms. The van der Waals surface area contributed by atoms with Gasteiger partial charge < -0.3 is 15.2 Å². The van der Waals surface area contributed by atoms with Crippen molar-refractivity contribution in [2.75, 3.05) is 13.7 Å². The lowest BCUT2D eigenvalue weighted by Gasteiger charge is -2.12. The first kappa shape index (κ1) is 14.8. The van der Waals surface area contributed by atoms with Gasteiger partial charge in [-0.25, -0.2) is 4.79 Å². The van der Waals surface area contributed by atoms with Crippen LogP contribution in [0.5, 0.6) is 5.75 Å². The summed E-state index contributed by atoms with van der Waals surface area (Å²) in [7, 11) is 1.54. The Hall–Kier alpha value is -2.57. The van der Waals surface area contributed by atoms with Crippen molar-refractivity contribution in [1.29, 1.82) is 0 Å². The molecule has 1 aromatic carbocycles. The first-order valence-electron chi connectivity index (χ1n) is 6.50. The molecule has 0 aromatic heterocycles. The van der Waals surface area contributed by atoms with Crippen molar-refractivity contribution in [3.8, 4) is 5.75 Å². The third-order valence-electron chi connectivity index (χ3n) is 3.25. The zero-order valence-corrected chi connectivity index (χ0v) is 11.5. The van der Waals surface area contributed by atoms with Gasteiger partial charge in [-0.3, -0.25) is 14.5 Å². The molecule has 0 spiro atoms. The Balaban J connectivity index is 2.04. The lowest BCUT2D eigenvalue weighted by molar-refractivity contribution is -0.137. The predicted octanol–water partition coefficient (Wildman–Crippen LogP) is 1.15. The number of carboxylic acid groups (broad SMARTS) is 1. The van der Waals surface area contributed by atoms with E-state index in [-0.39, 0.29) is 25.3 Å². The molecule has 1 unspecified atom stereocenters. The van der Waals surface area contributed by atoms with Crippen LogP contribution in [0.4, 0.5) is 4.79 Å². The number of aliphatic carboxylic acids is 1. The van der Waals surface area contributed by atoms with Gasteiger partial charge in [-0.05, 0) is 24.1 Å². The standard InChI is InChI=1S/C14H16N2O5/c1-21-10-6-4-9(5-7-10)12-13(19)16(14(20)15-12)8-2-3-11(17)18/h4-7,12H,2-3,8H2,1H3,(H,15,20)(H,17,18). The van der Waals surface area contributed by atoms with Crippen LogP contribution in [0, 0.1) is 0 Å². The number of imide groups is 1. The van der Waals surface area contributed by atoms with Crippen LogP contribution < -0.4 is 10.1 Å². The van der Waals surface area contributed by atoms with Crippen LogP contribution in [0.15, 0.2) is 24.3 Å². The normalized spacial score (nSPS) is 17.8. The third kappa shape index (κ3) is 3.31. The highest BCUT2D eigenvalue weighted by Crippen LogP contribution is 2.24. The molecule has 3 amide bonds. The molecule has 7 heteroatoms. The van der Waals surface area contributed by atoms with Crippen LogP contribution in [-0.2, 0) is 9.59 Å². The number of ether oxygens (including phenoxy) is 1. The third-order valence-corrected chi connectivity index (χ3v) is 3.25. The highest BCUT2D eigenvalue weighted by Gasteiger charge is 2.38. The molecular formula is C14H16N2O5. The van der Waals surface area contributed by atoms with Crippen molar-refractivity contribution in [3.63, 3.8) is 0 Å². The van der Waals surface area contributed by atoms with Crippen LogP contribution in [-0.4, -0.2) is 41.6 Å². The van der Waals surface area contributed by atoms with Crippen LogP contribution in [0.2, 0.25) is 0 Å². The average Bonchev–Trinajstić information content (AvgIpc) is 2.75. The molecule has 1 fully saturated rings. The molecule has 7 nitrogen and oxygen atoms in total. The number of carbonyl (C=O) groups excluding carboxylic acids is 2. The van der Waals surface area contributed by atoms with Crippen LogP contribution in [0.1, 0.15) is 24.4 Å². The van der Waals surface area contributed by atoms with Crippen LogP contribution in [0.3, 0.4) is 0 Å². The van der Waals surface area contributed by atoms with Crippen molar-refractivity contribution in [1.82, 2.24) is 10.2 Å². The fraction of sp³-hybridized carbons (Fsp3) is 0.357.